The van der Waals surface area contributed by atoms with Gasteiger partial charge in [-0.2, -0.15) is 0 Å². The van der Waals surface area contributed by atoms with E-state index >= 15 is 0 Å². The van der Waals surface area contributed by atoms with Gasteiger partial charge in [0.15, 0.2) is 0 Å². The third-order valence-corrected chi connectivity index (χ3v) is 5.86. The molecule has 0 nitrogen and oxygen atoms in total. The van der Waals surface area contributed by atoms with Gasteiger partial charge < -0.3 is 0 Å². The van der Waals surface area contributed by atoms with Crippen LogP contribution in [-0.4, -0.2) is 8.80 Å². The van der Waals surface area contributed by atoms with Gasteiger partial charge in [0.2, 0.25) is 0 Å². The van der Waals surface area contributed by atoms with Crippen molar-refractivity contribution in [2.24, 2.45) is 0 Å². The molecule has 13 heavy (non-hydrogen) atoms. The van der Waals surface area contributed by atoms with Crippen molar-refractivity contribution < 1.29 is 0 Å². The van der Waals surface area contributed by atoms with E-state index in [4.69, 9.17) is 0 Å². The second kappa shape index (κ2) is 9.52. The molecule has 0 fully saturated rings. The molecule has 0 aromatic heterocycles. The summed E-state index contributed by atoms with van der Waals surface area (Å²) in [6.07, 6.45) is 0. The lowest BCUT2D eigenvalue weighted by atomic mass is 10.4. The molecule has 0 aliphatic rings. The first-order chi connectivity index (χ1) is 6.35. The predicted octanol–water partition coefficient (Wildman–Crippen LogP) is 3.96. The molecule has 0 N–H and O–H groups in total. The van der Waals surface area contributed by atoms with Gasteiger partial charge in [-0.1, -0.05) is 75.3 Å². The first kappa shape index (κ1) is 12.4. The average Bonchev–Trinajstić information content (AvgIpc) is 2.24. The van der Waals surface area contributed by atoms with Crippen LogP contribution in [-0.2, 0) is 0 Å². The second-order valence-electron chi connectivity index (χ2n) is 3.25. The average molecular weight is 194 g/mol. The van der Waals surface area contributed by atoms with Gasteiger partial charge in [0.1, 0.15) is 0 Å². The smallest absolute Gasteiger partial charge is 0.0359 e. The highest BCUT2D eigenvalue weighted by Gasteiger charge is 1.98. The van der Waals surface area contributed by atoms with Crippen LogP contribution < -0.4 is 0 Å². The van der Waals surface area contributed by atoms with E-state index in [0.29, 0.717) is 0 Å². The molecule has 0 radical (unpaired) electrons. The Morgan fingerprint density at radius 3 is 0.923 bits per heavy atom. The zero-order valence-corrected chi connectivity index (χ0v) is 10.3. The van der Waals surface area contributed by atoms with Crippen LogP contribution in [0, 0.1) is 0 Å². The lowest BCUT2D eigenvalue weighted by Gasteiger charge is -2.03. The fraction of sp³-hybridized carbons (Fsp3) is 0.500. The monoisotopic (exact) mass is 194 g/mol. The van der Waals surface area contributed by atoms with Crippen molar-refractivity contribution >= 4 is 8.80 Å². The van der Waals surface area contributed by atoms with Crippen molar-refractivity contribution in [3.63, 3.8) is 0 Å². The van der Waals surface area contributed by atoms with Crippen molar-refractivity contribution in [2.45, 2.75) is 38.9 Å². The second-order valence-corrected chi connectivity index (χ2v) is 7.43. The summed E-state index contributed by atoms with van der Waals surface area (Å²) in [5, 5.41) is 0. The first-order valence-corrected chi connectivity index (χ1v) is 7.80. The number of hydrogen-bond donors (Lipinski definition) is 0. The Morgan fingerprint density at radius 1 is 0.615 bits per heavy atom. The normalized spacial score (nSPS) is 9.23. The molecule has 0 saturated heterocycles. The summed E-state index contributed by atoms with van der Waals surface area (Å²) in [7, 11) is -0.171. The summed E-state index contributed by atoms with van der Waals surface area (Å²) in [6.45, 7) is 6.97. The van der Waals surface area contributed by atoms with Crippen molar-refractivity contribution in [3.8, 4) is 0 Å². The molecule has 1 aromatic carbocycles. The molecule has 0 amide bonds. The molecule has 1 aromatic rings. The Balaban J connectivity index is 0.000000223. The van der Waals surface area contributed by atoms with E-state index < -0.39 is 0 Å². The fourth-order valence-electron chi connectivity index (χ4n) is 1.25. The van der Waals surface area contributed by atoms with Crippen LogP contribution in [0.1, 0.15) is 20.8 Å². The Morgan fingerprint density at radius 2 is 0.846 bits per heavy atom. The lowest BCUT2D eigenvalue weighted by molar-refractivity contribution is 1.24. The minimum absolute atomic E-state index is 0.171. The van der Waals surface area contributed by atoms with Crippen molar-refractivity contribution in [2.75, 3.05) is 0 Å². The van der Waals surface area contributed by atoms with Crippen LogP contribution >= 0.6 is 0 Å². The molecule has 1 rings (SSSR count). The summed E-state index contributed by atoms with van der Waals surface area (Å²) in [5.74, 6) is 0. The van der Waals surface area contributed by atoms with Gasteiger partial charge >= 0.3 is 0 Å². The molecular formula is C12H22Si. The topological polar surface area (TPSA) is 0 Å². The standard InChI is InChI=1S/C6H16Si.C6H6/c1-4-7(5-2)6-3;1-2-4-6-5-3-1/h7H,4-6H2,1-3H3;1-6H. The maximum atomic E-state index is 2.32. The van der Waals surface area contributed by atoms with E-state index in [9.17, 15) is 0 Å². The SMILES string of the molecule is CC[SiH](CC)CC.c1ccccc1. The highest BCUT2D eigenvalue weighted by Crippen LogP contribution is 2.01. The van der Waals surface area contributed by atoms with E-state index in [0.717, 1.165) is 0 Å². The summed E-state index contributed by atoms with van der Waals surface area (Å²) in [6, 6.07) is 16.5. The predicted molar refractivity (Wildman–Crippen MR) is 65.0 cm³/mol. The fourth-order valence-corrected chi connectivity index (χ4v) is 2.98. The summed E-state index contributed by atoms with van der Waals surface area (Å²) in [5.41, 5.74) is 0. The Labute approximate surface area is 84.6 Å². The van der Waals surface area contributed by atoms with Gasteiger partial charge in [-0.3, -0.25) is 0 Å². The maximum absolute atomic E-state index is 2.32. The van der Waals surface area contributed by atoms with E-state index in [1.165, 1.54) is 18.1 Å². The van der Waals surface area contributed by atoms with Crippen LogP contribution in [0.2, 0.25) is 18.1 Å². The van der Waals surface area contributed by atoms with Crippen LogP contribution in [0.3, 0.4) is 0 Å². The molecule has 74 valence electrons. The summed E-state index contributed by atoms with van der Waals surface area (Å²) in [4.78, 5) is 0. The van der Waals surface area contributed by atoms with E-state index in [-0.39, 0.29) is 8.80 Å². The minimum atomic E-state index is -0.171. The first-order valence-electron chi connectivity index (χ1n) is 5.35. The van der Waals surface area contributed by atoms with Gasteiger partial charge in [0, 0.05) is 8.80 Å². The number of benzene rings is 1. The van der Waals surface area contributed by atoms with Crippen LogP contribution in [0.25, 0.3) is 0 Å². The summed E-state index contributed by atoms with van der Waals surface area (Å²) >= 11 is 0. The minimum Gasteiger partial charge on any atom is -0.0680 e. The maximum Gasteiger partial charge on any atom is 0.0359 e. The Hall–Kier alpha value is -0.563. The molecule has 0 unspecified atom stereocenters. The molecule has 0 saturated carbocycles. The molecule has 0 heterocycles. The Kier molecular flexibility index (Phi) is 9.11. The van der Waals surface area contributed by atoms with E-state index in [1.54, 1.807) is 0 Å². The van der Waals surface area contributed by atoms with Gasteiger partial charge in [0.25, 0.3) is 0 Å². The van der Waals surface area contributed by atoms with Gasteiger partial charge in [0.05, 0.1) is 0 Å². The number of hydrogen-bond acceptors (Lipinski definition) is 0. The van der Waals surface area contributed by atoms with Crippen LogP contribution in [0.4, 0.5) is 0 Å². The molecule has 0 aliphatic carbocycles. The van der Waals surface area contributed by atoms with Crippen LogP contribution in [0.5, 0.6) is 0 Å². The summed E-state index contributed by atoms with van der Waals surface area (Å²) < 4.78 is 0. The van der Waals surface area contributed by atoms with Crippen molar-refractivity contribution in [1.29, 1.82) is 0 Å². The quantitative estimate of drug-likeness (QED) is 0.639. The molecular weight excluding hydrogens is 172 g/mol. The molecule has 0 atom stereocenters. The third-order valence-electron chi connectivity index (χ3n) is 2.40. The van der Waals surface area contributed by atoms with Crippen molar-refractivity contribution in [3.05, 3.63) is 36.4 Å². The zero-order valence-electron chi connectivity index (χ0n) is 9.16. The lowest BCUT2D eigenvalue weighted by Crippen LogP contribution is -2.04. The molecule has 0 spiro atoms. The largest absolute Gasteiger partial charge is 0.0680 e. The highest BCUT2D eigenvalue weighted by atomic mass is 28.3. The Bertz CT molecular complexity index is 136. The van der Waals surface area contributed by atoms with Gasteiger partial charge in [-0.25, -0.2) is 0 Å². The molecule has 0 aliphatic heterocycles. The van der Waals surface area contributed by atoms with E-state index in [2.05, 4.69) is 20.8 Å². The van der Waals surface area contributed by atoms with Gasteiger partial charge in [-0.05, 0) is 0 Å². The van der Waals surface area contributed by atoms with Gasteiger partial charge in [-0.15, -0.1) is 0 Å². The third kappa shape index (κ3) is 7.79. The zero-order chi connectivity index (χ0) is 9.94. The number of rotatable bonds is 3. The molecule has 0 bridgehead atoms. The molecule has 1 heteroatoms. The van der Waals surface area contributed by atoms with E-state index in [1.807, 2.05) is 36.4 Å². The van der Waals surface area contributed by atoms with Crippen LogP contribution in [0.15, 0.2) is 36.4 Å². The highest BCUT2D eigenvalue weighted by molar-refractivity contribution is 6.58. The van der Waals surface area contributed by atoms with Crippen molar-refractivity contribution in [1.82, 2.24) is 0 Å².